The Morgan fingerprint density at radius 3 is 3.00 bits per heavy atom. The highest BCUT2D eigenvalue weighted by Crippen LogP contribution is 2.29. The summed E-state index contributed by atoms with van der Waals surface area (Å²) in [6, 6.07) is 2.03. The van der Waals surface area contributed by atoms with E-state index in [0.717, 1.165) is 49.1 Å². The second kappa shape index (κ2) is 7.32. The van der Waals surface area contributed by atoms with Crippen LogP contribution in [-0.4, -0.2) is 55.2 Å². The molecule has 0 unspecified atom stereocenters. The normalized spacial score (nSPS) is 15.9. The number of morpholine rings is 1. The number of thiophene rings is 1. The van der Waals surface area contributed by atoms with Crippen LogP contribution in [0.5, 0.6) is 0 Å². The molecule has 0 aliphatic carbocycles. The smallest absolute Gasteiger partial charge is 0.263 e. The minimum atomic E-state index is -0.0234. The Labute approximate surface area is 137 Å². The van der Waals surface area contributed by atoms with E-state index in [1.54, 1.807) is 11.3 Å². The number of nitrogens with zero attached hydrogens (tertiary/aromatic N) is 2. The van der Waals surface area contributed by atoms with Crippen molar-refractivity contribution in [2.24, 2.45) is 0 Å². The van der Waals surface area contributed by atoms with Gasteiger partial charge in [0, 0.05) is 37.1 Å². The lowest BCUT2D eigenvalue weighted by molar-refractivity contribution is 0.0383. The molecular formula is C15H19N3O2S2. The molecular weight excluding hydrogens is 318 g/mol. The van der Waals surface area contributed by atoms with E-state index in [-0.39, 0.29) is 5.91 Å². The number of carbonyl (C=O) groups excluding carboxylic acids is 1. The first-order valence-electron chi connectivity index (χ1n) is 7.32. The number of amides is 1. The van der Waals surface area contributed by atoms with Crippen LogP contribution in [0, 0.1) is 6.92 Å². The lowest BCUT2D eigenvalue weighted by Gasteiger charge is -2.26. The molecule has 2 aromatic rings. The van der Waals surface area contributed by atoms with Crippen LogP contribution in [0.2, 0.25) is 0 Å². The largest absolute Gasteiger partial charge is 0.379 e. The molecule has 1 fully saturated rings. The van der Waals surface area contributed by atoms with Gasteiger partial charge in [-0.3, -0.25) is 9.69 Å². The second-order valence-corrected chi connectivity index (χ2v) is 6.93. The van der Waals surface area contributed by atoms with Crippen molar-refractivity contribution < 1.29 is 9.53 Å². The molecule has 1 aliphatic rings. The van der Waals surface area contributed by atoms with Crippen molar-refractivity contribution in [3.63, 3.8) is 0 Å². The second-order valence-electron chi connectivity index (χ2n) is 5.16. The molecule has 0 atom stereocenters. The van der Waals surface area contributed by atoms with Gasteiger partial charge in [0.15, 0.2) is 0 Å². The number of ether oxygens (including phenoxy) is 1. The van der Waals surface area contributed by atoms with E-state index in [0.29, 0.717) is 11.4 Å². The third-order valence-electron chi connectivity index (χ3n) is 3.59. The maximum Gasteiger partial charge on any atom is 0.263 e. The highest BCUT2D eigenvalue weighted by atomic mass is 32.1. The Bertz CT molecular complexity index is 619. The predicted molar refractivity (Wildman–Crippen MR) is 89.8 cm³/mol. The van der Waals surface area contributed by atoms with Crippen LogP contribution >= 0.6 is 22.7 Å². The van der Waals surface area contributed by atoms with Crippen molar-refractivity contribution in [3.8, 4) is 10.6 Å². The van der Waals surface area contributed by atoms with Crippen molar-refractivity contribution in [1.82, 2.24) is 15.2 Å². The van der Waals surface area contributed by atoms with Gasteiger partial charge in [-0.1, -0.05) is 0 Å². The van der Waals surface area contributed by atoms with Crippen LogP contribution in [-0.2, 0) is 4.74 Å². The monoisotopic (exact) mass is 337 g/mol. The highest BCUT2D eigenvalue weighted by Gasteiger charge is 2.17. The number of carbonyl (C=O) groups is 1. The van der Waals surface area contributed by atoms with E-state index < -0.39 is 0 Å². The molecule has 2 aromatic heterocycles. The summed E-state index contributed by atoms with van der Waals surface area (Å²) in [4.78, 5) is 19.8. The topological polar surface area (TPSA) is 54.5 Å². The first-order chi connectivity index (χ1) is 10.7. The van der Waals surface area contributed by atoms with Gasteiger partial charge in [-0.2, -0.15) is 11.3 Å². The van der Waals surface area contributed by atoms with E-state index >= 15 is 0 Å². The maximum atomic E-state index is 12.3. The Morgan fingerprint density at radius 1 is 1.45 bits per heavy atom. The average Bonchev–Trinajstić information content (AvgIpc) is 3.17. The molecule has 3 heterocycles. The zero-order chi connectivity index (χ0) is 15.4. The van der Waals surface area contributed by atoms with Gasteiger partial charge in [0.25, 0.3) is 5.91 Å². The molecule has 0 bridgehead atoms. The minimum absolute atomic E-state index is 0.0234. The molecule has 0 saturated carbocycles. The number of aromatic nitrogens is 1. The fourth-order valence-corrected chi connectivity index (χ4v) is 4.04. The first-order valence-corrected chi connectivity index (χ1v) is 9.08. The van der Waals surface area contributed by atoms with E-state index in [9.17, 15) is 4.79 Å². The van der Waals surface area contributed by atoms with Crippen LogP contribution in [0.3, 0.4) is 0 Å². The van der Waals surface area contributed by atoms with Crippen molar-refractivity contribution in [2.45, 2.75) is 6.92 Å². The summed E-state index contributed by atoms with van der Waals surface area (Å²) < 4.78 is 5.32. The SMILES string of the molecule is Cc1nc(-c2ccsc2)sc1C(=O)NCCN1CCOCC1. The summed E-state index contributed by atoms with van der Waals surface area (Å²) in [7, 11) is 0. The Morgan fingerprint density at radius 2 is 2.27 bits per heavy atom. The maximum absolute atomic E-state index is 12.3. The van der Waals surface area contributed by atoms with Crippen LogP contribution < -0.4 is 5.32 Å². The fraction of sp³-hybridized carbons (Fsp3) is 0.467. The molecule has 1 amide bonds. The molecule has 3 rings (SSSR count). The van der Waals surface area contributed by atoms with Crippen molar-refractivity contribution in [1.29, 1.82) is 0 Å². The molecule has 0 radical (unpaired) electrons. The summed E-state index contributed by atoms with van der Waals surface area (Å²) in [5.41, 5.74) is 1.89. The summed E-state index contributed by atoms with van der Waals surface area (Å²) in [5.74, 6) is -0.0234. The van der Waals surface area contributed by atoms with Gasteiger partial charge < -0.3 is 10.1 Å². The van der Waals surface area contributed by atoms with Crippen molar-refractivity contribution in [3.05, 3.63) is 27.4 Å². The number of hydrogen-bond donors (Lipinski definition) is 1. The Hall–Kier alpha value is -1.28. The third kappa shape index (κ3) is 3.73. The van der Waals surface area contributed by atoms with Gasteiger partial charge in [-0.15, -0.1) is 11.3 Å². The Balaban J connectivity index is 1.55. The van der Waals surface area contributed by atoms with Gasteiger partial charge >= 0.3 is 0 Å². The first kappa shape index (κ1) is 15.6. The van der Waals surface area contributed by atoms with Crippen molar-refractivity contribution >= 4 is 28.6 Å². The molecule has 118 valence electrons. The van der Waals surface area contributed by atoms with Gasteiger partial charge in [0.2, 0.25) is 0 Å². The van der Waals surface area contributed by atoms with Gasteiger partial charge in [0.05, 0.1) is 18.9 Å². The number of aryl methyl sites for hydroxylation is 1. The molecule has 5 nitrogen and oxygen atoms in total. The zero-order valence-corrected chi connectivity index (χ0v) is 14.1. The molecule has 22 heavy (non-hydrogen) atoms. The zero-order valence-electron chi connectivity index (χ0n) is 12.5. The fourth-order valence-electron chi connectivity index (χ4n) is 2.35. The number of rotatable bonds is 5. The lowest BCUT2D eigenvalue weighted by Crippen LogP contribution is -2.41. The molecule has 0 aromatic carbocycles. The molecule has 1 N–H and O–H groups in total. The van der Waals surface area contributed by atoms with Crippen LogP contribution in [0.15, 0.2) is 16.8 Å². The van der Waals surface area contributed by atoms with E-state index in [2.05, 4.69) is 20.6 Å². The number of nitrogens with one attached hydrogen (secondary N) is 1. The van der Waals surface area contributed by atoms with Gasteiger partial charge in [-0.05, 0) is 18.4 Å². The standard InChI is InChI=1S/C15H19N3O2S2/c1-11-13(22-15(17-11)12-2-9-21-10-12)14(19)16-3-4-18-5-7-20-8-6-18/h2,9-10H,3-8H2,1H3,(H,16,19). The van der Waals surface area contributed by atoms with E-state index in [1.165, 1.54) is 11.3 Å². The summed E-state index contributed by atoms with van der Waals surface area (Å²) in [6.45, 7) is 6.87. The molecule has 1 aliphatic heterocycles. The summed E-state index contributed by atoms with van der Waals surface area (Å²) >= 11 is 3.10. The van der Waals surface area contributed by atoms with E-state index in [4.69, 9.17) is 4.74 Å². The van der Waals surface area contributed by atoms with Gasteiger partial charge in [0.1, 0.15) is 9.88 Å². The lowest BCUT2D eigenvalue weighted by atomic mass is 10.3. The number of hydrogen-bond acceptors (Lipinski definition) is 6. The van der Waals surface area contributed by atoms with Crippen LogP contribution in [0.1, 0.15) is 15.4 Å². The highest BCUT2D eigenvalue weighted by molar-refractivity contribution is 7.17. The summed E-state index contributed by atoms with van der Waals surface area (Å²) in [5, 5.41) is 7.99. The third-order valence-corrected chi connectivity index (χ3v) is 5.48. The summed E-state index contributed by atoms with van der Waals surface area (Å²) in [6.07, 6.45) is 0. The quantitative estimate of drug-likeness (QED) is 0.909. The Kier molecular flexibility index (Phi) is 5.20. The average molecular weight is 337 g/mol. The van der Waals surface area contributed by atoms with Crippen molar-refractivity contribution in [2.75, 3.05) is 39.4 Å². The minimum Gasteiger partial charge on any atom is -0.379 e. The number of thiazole rings is 1. The van der Waals surface area contributed by atoms with Crippen LogP contribution in [0.25, 0.3) is 10.6 Å². The predicted octanol–water partition coefficient (Wildman–Crippen LogP) is 2.24. The van der Waals surface area contributed by atoms with E-state index in [1.807, 2.05) is 18.4 Å². The molecule has 7 heteroatoms. The van der Waals surface area contributed by atoms with Gasteiger partial charge in [-0.25, -0.2) is 4.98 Å². The van der Waals surface area contributed by atoms with Crippen LogP contribution in [0.4, 0.5) is 0 Å². The molecule has 1 saturated heterocycles. The molecule has 0 spiro atoms.